The predicted octanol–water partition coefficient (Wildman–Crippen LogP) is 1.69. The zero-order chi connectivity index (χ0) is 10.9. The van der Waals surface area contributed by atoms with E-state index >= 15 is 0 Å². The first-order chi connectivity index (χ1) is 5.58. The molecular formula is C7H15NO2S3. The van der Waals surface area contributed by atoms with Gasteiger partial charge in [-0.2, -0.15) is 0 Å². The van der Waals surface area contributed by atoms with Crippen LogP contribution in [0, 0.1) is 0 Å². The third-order valence-electron chi connectivity index (χ3n) is 1.30. The molecule has 13 heavy (non-hydrogen) atoms. The van der Waals surface area contributed by atoms with Gasteiger partial charge in [0.1, 0.15) is 0 Å². The molecule has 6 heteroatoms. The first-order valence-electron chi connectivity index (χ1n) is 3.73. The van der Waals surface area contributed by atoms with Gasteiger partial charge in [0.15, 0.2) is 4.32 Å². The van der Waals surface area contributed by atoms with E-state index in [1.165, 1.54) is 0 Å². The molecule has 3 nitrogen and oxygen atoms in total. The van der Waals surface area contributed by atoms with Crippen molar-refractivity contribution < 1.29 is 8.42 Å². The molecule has 0 heterocycles. The summed E-state index contributed by atoms with van der Waals surface area (Å²) in [6.07, 6.45) is 0. The summed E-state index contributed by atoms with van der Waals surface area (Å²) in [6.45, 7) is 4.98. The highest BCUT2D eigenvalue weighted by molar-refractivity contribution is 8.79. The predicted molar refractivity (Wildman–Crippen MR) is 62.5 cm³/mol. The minimum Gasteiger partial charge on any atom is -0.363 e. The first-order valence-corrected chi connectivity index (χ1v) is 6.96. The average Bonchev–Trinajstić information content (AvgIpc) is 1.83. The van der Waals surface area contributed by atoms with Crippen LogP contribution in [0.5, 0.6) is 0 Å². The van der Waals surface area contributed by atoms with Gasteiger partial charge in [0.05, 0.1) is 4.75 Å². The lowest BCUT2D eigenvalue weighted by molar-refractivity contribution is 0.577. The minimum absolute atomic E-state index is 0.370. The van der Waals surface area contributed by atoms with E-state index < -0.39 is 13.6 Å². The maximum absolute atomic E-state index is 11.6. The molecule has 0 rings (SSSR count). The van der Waals surface area contributed by atoms with E-state index in [4.69, 9.17) is 12.2 Å². The van der Waals surface area contributed by atoms with Gasteiger partial charge in [-0.15, -0.1) is 0 Å². The quantitative estimate of drug-likeness (QED) is 0.516. The van der Waals surface area contributed by atoms with Crippen LogP contribution < -0.4 is 0 Å². The van der Waals surface area contributed by atoms with Crippen LogP contribution in [0.2, 0.25) is 0 Å². The number of nitrogens with zero attached hydrogens (tertiary/aromatic N) is 1. The van der Waals surface area contributed by atoms with E-state index in [2.05, 4.69) is 0 Å². The second-order valence-corrected chi connectivity index (χ2v) is 8.96. The van der Waals surface area contributed by atoms with E-state index in [1.54, 1.807) is 39.8 Å². The summed E-state index contributed by atoms with van der Waals surface area (Å²) >= 11 is 4.90. The van der Waals surface area contributed by atoms with Gasteiger partial charge in [0, 0.05) is 24.9 Å². The largest absolute Gasteiger partial charge is 0.363 e. The molecule has 0 aliphatic heterocycles. The van der Waals surface area contributed by atoms with Crippen molar-refractivity contribution in [1.29, 1.82) is 0 Å². The zero-order valence-electron chi connectivity index (χ0n) is 8.49. The molecular weight excluding hydrogens is 226 g/mol. The van der Waals surface area contributed by atoms with Crippen molar-refractivity contribution in [2.24, 2.45) is 0 Å². The molecule has 78 valence electrons. The molecule has 0 atom stereocenters. The second-order valence-electron chi connectivity index (χ2n) is 3.81. The molecule has 0 aliphatic rings. The van der Waals surface area contributed by atoms with Crippen LogP contribution in [-0.4, -0.2) is 36.5 Å². The SMILES string of the molecule is CN(C)C(=S)SS(=O)(=O)C(C)(C)C. The third kappa shape index (κ3) is 3.83. The van der Waals surface area contributed by atoms with Gasteiger partial charge in [-0.3, -0.25) is 0 Å². The molecule has 0 aromatic carbocycles. The number of hydrogen-bond acceptors (Lipinski definition) is 4. The summed E-state index contributed by atoms with van der Waals surface area (Å²) in [5, 5.41) is 0. The van der Waals surface area contributed by atoms with Crippen LogP contribution in [0.3, 0.4) is 0 Å². The Hall–Kier alpha value is 0.190. The maximum Gasteiger partial charge on any atom is 0.213 e. The van der Waals surface area contributed by atoms with Gasteiger partial charge in [0.2, 0.25) is 8.87 Å². The fraction of sp³-hybridized carbons (Fsp3) is 0.857. The highest BCUT2D eigenvalue weighted by Gasteiger charge is 2.31. The first kappa shape index (κ1) is 13.2. The fourth-order valence-electron chi connectivity index (χ4n) is 0.293. The van der Waals surface area contributed by atoms with E-state index in [0.29, 0.717) is 4.32 Å². The Morgan fingerprint density at radius 1 is 1.31 bits per heavy atom. The summed E-state index contributed by atoms with van der Waals surface area (Å²) in [5.74, 6) is 0. The standard InChI is InChI=1S/C7H15NO2S3/c1-7(2,3)13(9,10)12-6(11)8(4)5/h1-5H3. The normalized spacial score (nSPS) is 12.7. The summed E-state index contributed by atoms with van der Waals surface area (Å²) < 4.78 is 22.8. The van der Waals surface area contributed by atoms with Gasteiger partial charge < -0.3 is 4.90 Å². The number of thiocarbonyl (C=S) groups is 1. The highest BCUT2D eigenvalue weighted by Crippen LogP contribution is 2.28. The highest BCUT2D eigenvalue weighted by atomic mass is 33.1. The van der Waals surface area contributed by atoms with E-state index in [9.17, 15) is 8.42 Å². The van der Waals surface area contributed by atoms with Crippen LogP contribution in [-0.2, 0) is 8.87 Å². The Kier molecular flexibility index (Phi) is 4.21. The molecule has 0 N–H and O–H groups in total. The summed E-state index contributed by atoms with van der Waals surface area (Å²) in [5.41, 5.74) is 0. The molecule has 0 amide bonds. The van der Waals surface area contributed by atoms with E-state index in [1.807, 2.05) is 0 Å². The maximum atomic E-state index is 11.6. The summed E-state index contributed by atoms with van der Waals surface area (Å²) in [6, 6.07) is 0. The van der Waals surface area contributed by atoms with Gasteiger partial charge in [0.25, 0.3) is 0 Å². The average molecular weight is 241 g/mol. The molecule has 0 fully saturated rings. The topological polar surface area (TPSA) is 37.4 Å². The summed E-state index contributed by atoms with van der Waals surface area (Å²) in [7, 11) is 0.998. The smallest absolute Gasteiger partial charge is 0.213 e. The molecule has 0 radical (unpaired) electrons. The van der Waals surface area contributed by atoms with Crippen LogP contribution in [0.1, 0.15) is 20.8 Å². The van der Waals surface area contributed by atoms with Crippen LogP contribution >= 0.6 is 23.0 Å². The molecule has 0 aliphatic carbocycles. The lowest BCUT2D eigenvalue weighted by Gasteiger charge is -2.20. The Bertz CT molecular complexity index is 287. The molecule has 0 unspecified atom stereocenters. The van der Waals surface area contributed by atoms with Crippen molar-refractivity contribution in [3.63, 3.8) is 0 Å². The second kappa shape index (κ2) is 4.14. The lowest BCUT2D eigenvalue weighted by Crippen LogP contribution is -2.28. The van der Waals surface area contributed by atoms with Crippen molar-refractivity contribution in [2.45, 2.75) is 25.5 Å². The van der Waals surface area contributed by atoms with E-state index in [0.717, 1.165) is 10.8 Å². The van der Waals surface area contributed by atoms with Gasteiger partial charge in [-0.25, -0.2) is 8.42 Å². The van der Waals surface area contributed by atoms with Gasteiger partial charge in [-0.05, 0) is 20.8 Å². The van der Waals surface area contributed by atoms with Gasteiger partial charge in [-0.1, -0.05) is 12.2 Å². The molecule has 0 aromatic heterocycles. The monoisotopic (exact) mass is 241 g/mol. The lowest BCUT2D eigenvalue weighted by atomic mass is 10.3. The molecule has 0 saturated carbocycles. The van der Waals surface area contributed by atoms with Crippen molar-refractivity contribution in [1.82, 2.24) is 4.90 Å². The Labute approximate surface area is 89.2 Å². The van der Waals surface area contributed by atoms with Crippen LogP contribution in [0.4, 0.5) is 0 Å². The number of rotatable bonds is 1. The van der Waals surface area contributed by atoms with Crippen molar-refractivity contribution in [3.8, 4) is 0 Å². The van der Waals surface area contributed by atoms with Crippen LogP contribution in [0.25, 0.3) is 0 Å². The Morgan fingerprint density at radius 3 is 1.92 bits per heavy atom. The number of hydrogen-bond donors (Lipinski definition) is 0. The van der Waals surface area contributed by atoms with Crippen molar-refractivity contribution in [2.75, 3.05) is 14.1 Å². The zero-order valence-corrected chi connectivity index (χ0v) is 10.9. The van der Waals surface area contributed by atoms with Crippen molar-refractivity contribution >= 4 is 36.2 Å². The molecule has 0 bridgehead atoms. The van der Waals surface area contributed by atoms with Crippen LogP contribution in [0.15, 0.2) is 0 Å². The van der Waals surface area contributed by atoms with E-state index in [-0.39, 0.29) is 0 Å². The Balaban J connectivity index is 4.65. The minimum atomic E-state index is -3.21. The summed E-state index contributed by atoms with van der Waals surface area (Å²) in [4.78, 5) is 1.61. The third-order valence-corrected chi connectivity index (χ3v) is 7.09. The van der Waals surface area contributed by atoms with Crippen molar-refractivity contribution in [3.05, 3.63) is 0 Å². The molecule has 0 spiro atoms. The Morgan fingerprint density at radius 2 is 1.69 bits per heavy atom. The molecule has 0 saturated heterocycles. The molecule has 0 aromatic rings. The van der Waals surface area contributed by atoms with Gasteiger partial charge >= 0.3 is 0 Å². The fourth-order valence-corrected chi connectivity index (χ4v) is 3.45.